The molecule has 0 aliphatic heterocycles. The zero-order valence-corrected chi connectivity index (χ0v) is 10.6. The highest BCUT2D eigenvalue weighted by Gasteiger charge is 2.06. The first kappa shape index (κ1) is 12.1. The Bertz CT molecular complexity index is 485. The van der Waals surface area contributed by atoms with Gasteiger partial charge in [0.2, 0.25) is 5.95 Å². The predicted octanol–water partition coefficient (Wildman–Crippen LogP) is 2.11. The molecule has 0 fully saturated rings. The smallest absolute Gasteiger partial charge is 0.223 e. The summed E-state index contributed by atoms with van der Waals surface area (Å²) in [5, 5.41) is 6.33. The van der Waals surface area contributed by atoms with Crippen LogP contribution in [0.25, 0.3) is 10.2 Å². The molecule has 0 aliphatic rings. The van der Waals surface area contributed by atoms with Gasteiger partial charge in [0.15, 0.2) is 0 Å². The molecule has 3 N–H and O–H groups in total. The van der Waals surface area contributed by atoms with Crippen LogP contribution in [0.4, 0.5) is 11.8 Å². The van der Waals surface area contributed by atoms with Gasteiger partial charge in [0.05, 0.1) is 5.39 Å². The standard InChI is InChI=1S/C11H16N4OS/c1-16-6-3-2-5-13-9-8-4-7-17-10(8)15-11(12)14-9/h4,7H,2-3,5-6H2,1H3,(H3,12,13,14,15). The summed E-state index contributed by atoms with van der Waals surface area (Å²) in [5.41, 5.74) is 5.66. The lowest BCUT2D eigenvalue weighted by Gasteiger charge is -2.07. The third-order valence-electron chi connectivity index (χ3n) is 2.41. The number of nitrogen functional groups attached to an aromatic ring is 1. The van der Waals surface area contributed by atoms with Crippen molar-refractivity contribution in [2.24, 2.45) is 0 Å². The summed E-state index contributed by atoms with van der Waals surface area (Å²) < 4.78 is 5.00. The van der Waals surface area contributed by atoms with E-state index in [1.807, 2.05) is 11.4 Å². The first-order valence-corrected chi connectivity index (χ1v) is 6.43. The summed E-state index contributed by atoms with van der Waals surface area (Å²) in [6.45, 7) is 1.66. The molecule has 0 saturated carbocycles. The normalized spacial score (nSPS) is 10.9. The van der Waals surface area contributed by atoms with Crippen LogP contribution in [0.15, 0.2) is 11.4 Å². The van der Waals surface area contributed by atoms with E-state index in [2.05, 4.69) is 15.3 Å². The fraction of sp³-hybridized carbons (Fsp3) is 0.455. The van der Waals surface area contributed by atoms with Gasteiger partial charge in [0.25, 0.3) is 0 Å². The molecule has 2 rings (SSSR count). The number of thiophene rings is 1. The summed E-state index contributed by atoms with van der Waals surface area (Å²) in [4.78, 5) is 9.33. The Kier molecular flexibility index (Phi) is 4.11. The number of nitrogens with one attached hydrogen (secondary N) is 1. The molecule has 0 spiro atoms. The Morgan fingerprint density at radius 2 is 2.29 bits per heavy atom. The van der Waals surface area contributed by atoms with Crippen LogP contribution in [0.3, 0.4) is 0 Å². The molecule has 17 heavy (non-hydrogen) atoms. The van der Waals surface area contributed by atoms with Crippen molar-refractivity contribution < 1.29 is 4.74 Å². The maximum Gasteiger partial charge on any atom is 0.223 e. The van der Waals surface area contributed by atoms with Crippen LogP contribution < -0.4 is 11.1 Å². The summed E-state index contributed by atoms with van der Waals surface area (Å²) in [6, 6.07) is 2.01. The number of fused-ring (bicyclic) bond motifs is 1. The topological polar surface area (TPSA) is 73.1 Å². The molecule has 0 amide bonds. The SMILES string of the molecule is COCCCCNc1nc(N)nc2sccc12. The number of hydrogen-bond acceptors (Lipinski definition) is 6. The average molecular weight is 252 g/mol. The third kappa shape index (κ3) is 3.04. The minimum absolute atomic E-state index is 0.319. The second-order valence-corrected chi connectivity index (χ2v) is 4.59. The fourth-order valence-electron chi connectivity index (χ4n) is 1.58. The second-order valence-electron chi connectivity index (χ2n) is 3.70. The number of aromatic nitrogens is 2. The van der Waals surface area contributed by atoms with E-state index < -0.39 is 0 Å². The van der Waals surface area contributed by atoms with Gasteiger partial charge in [-0.2, -0.15) is 4.98 Å². The highest BCUT2D eigenvalue weighted by molar-refractivity contribution is 7.16. The molecule has 5 nitrogen and oxygen atoms in total. The zero-order chi connectivity index (χ0) is 12.1. The van der Waals surface area contributed by atoms with Crippen molar-refractivity contribution in [2.45, 2.75) is 12.8 Å². The van der Waals surface area contributed by atoms with E-state index in [1.54, 1.807) is 18.4 Å². The molecule has 2 aromatic rings. The predicted molar refractivity (Wildman–Crippen MR) is 71.4 cm³/mol. The third-order valence-corrected chi connectivity index (χ3v) is 3.22. The van der Waals surface area contributed by atoms with Gasteiger partial charge >= 0.3 is 0 Å². The van der Waals surface area contributed by atoms with Crippen LogP contribution >= 0.6 is 11.3 Å². The van der Waals surface area contributed by atoms with Gasteiger partial charge in [0.1, 0.15) is 10.6 Å². The van der Waals surface area contributed by atoms with Crippen molar-refractivity contribution in [3.8, 4) is 0 Å². The molecule has 0 atom stereocenters. The van der Waals surface area contributed by atoms with E-state index in [0.29, 0.717) is 5.95 Å². The van der Waals surface area contributed by atoms with Crippen molar-refractivity contribution >= 4 is 33.3 Å². The molecule has 2 heterocycles. The first-order valence-electron chi connectivity index (χ1n) is 5.55. The molecule has 0 bridgehead atoms. The molecular formula is C11H16N4OS. The highest BCUT2D eigenvalue weighted by Crippen LogP contribution is 2.25. The first-order chi connectivity index (χ1) is 8.31. The molecule has 92 valence electrons. The Morgan fingerprint density at radius 1 is 1.41 bits per heavy atom. The number of ether oxygens (including phenoxy) is 1. The number of anilines is 2. The van der Waals surface area contributed by atoms with Gasteiger partial charge in [0, 0.05) is 20.3 Å². The number of nitrogens with two attached hydrogens (primary N) is 1. The van der Waals surface area contributed by atoms with E-state index in [4.69, 9.17) is 10.5 Å². The van der Waals surface area contributed by atoms with Crippen LogP contribution in [0.2, 0.25) is 0 Å². The van der Waals surface area contributed by atoms with E-state index in [0.717, 1.165) is 42.0 Å². The largest absolute Gasteiger partial charge is 0.385 e. The Morgan fingerprint density at radius 3 is 3.12 bits per heavy atom. The van der Waals surface area contributed by atoms with Crippen LogP contribution in [-0.2, 0) is 4.74 Å². The van der Waals surface area contributed by atoms with Crippen LogP contribution in [0.1, 0.15) is 12.8 Å². The van der Waals surface area contributed by atoms with Gasteiger partial charge < -0.3 is 15.8 Å². The second kappa shape index (κ2) is 5.79. The quantitative estimate of drug-likeness (QED) is 0.770. The number of unbranched alkanes of at least 4 members (excludes halogenated alkanes) is 1. The van der Waals surface area contributed by atoms with Crippen molar-refractivity contribution in [1.82, 2.24) is 9.97 Å². The average Bonchev–Trinajstić information content (AvgIpc) is 2.76. The van der Waals surface area contributed by atoms with Crippen LogP contribution in [0, 0.1) is 0 Å². The van der Waals surface area contributed by atoms with E-state index in [-0.39, 0.29) is 0 Å². The molecule has 0 radical (unpaired) electrons. The number of methoxy groups -OCH3 is 1. The minimum atomic E-state index is 0.319. The molecule has 2 aromatic heterocycles. The lowest BCUT2D eigenvalue weighted by atomic mass is 10.3. The van der Waals surface area contributed by atoms with Gasteiger partial charge in [-0.1, -0.05) is 0 Å². The monoisotopic (exact) mass is 252 g/mol. The fourth-order valence-corrected chi connectivity index (χ4v) is 2.36. The molecule has 6 heteroatoms. The van der Waals surface area contributed by atoms with Gasteiger partial charge in [-0.05, 0) is 24.3 Å². The molecule has 0 aliphatic carbocycles. The van der Waals surface area contributed by atoms with Gasteiger partial charge in [-0.3, -0.25) is 0 Å². The molecule has 0 aromatic carbocycles. The number of hydrogen-bond donors (Lipinski definition) is 2. The Hall–Kier alpha value is -1.40. The molecular weight excluding hydrogens is 236 g/mol. The van der Waals surface area contributed by atoms with Gasteiger partial charge in [-0.15, -0.1) is 11.3 Å². The van der Waals surface area contributed by atoms with Gasteiger partial charge in [-0.25, -0.2) is 4.98 Å². The number of rotatable bonds is 6. The maximum atomic E-state index is 5.66. The summed E-state index contributed by atoms with van der Waals surface area (Å²) in [5.74, 6) is 1.14. The number of nitrogens with zero attached hydrogens (tertiary/aromatic N) is 2. The molecule has 0 saturated heterocycles. The van der Waals surface area contributed by atoms with E-state index >= 15 is 0 Å². The van der Waals surface area contributed by atoms with E-state index in [1.165, 1.54) is 0 Å². The van der Waals surface area contributed by atoms with E-state index in [9.17, 15) is 0 Å². The van der Waals surface area contributed by atoms with Crippen molar-refractivity contribution in [3.05, 3.63) is 11.4 Å². The van der Waals surface area contributed by atoms with Crippen LogP contribution in [0.5, 0.6) is 0 Å². The summed E-state index contributed by atoms with van der Waals surface area (Å²) in [7, 11) is 1.72. The summed E-state index contributed by atoms with van der Waals surface area (Å²) in [6.07, 6.45) is 2.08. The Balaban J connectivity index is 2.00. The van der Waals surface area contributed by atoms with Crippen molar-refractivity contribution in [3.63, 3.8) is 0 Å². The van der Waals surface area contributed by atoms with Crippen molar-refractivity contribution in [1.29, 1.82) is 0 Å². The minimum Gasteiger partial charge on any atom is -0.385 e. The lowest BCUT2D eigenvalue weighted by Crippen LogP contribution is -2.06. The molecule has 0 unspecified atom stereocenters. The Labute approximate surface area is 104 Å². The zero-order valence-electron chi connectivity index (χ0n) is 9.77. The lowest BCUT2D eigenvalue weighted by molar-refractivity contribution is 0.194. The summed E-state index contributed by atoms with van der Waals surface area (Å²) >= 11 is 1.57. The maximum absolute atomic E-state index is 5.66. The van der Waals surface area contributed by atoms with Crippen molar-refractivity contribution in [2.75, 3.05) is 31.3 Å². The van der Waals surface area contributed by atoms with Crippen LogP contribution in [-0.4, -0.2) is 30.2 Å². The highest BCUT2D eigenvalue weighted by atomic mass is 32.1.